The van der Waals surface area contributed by atoms with Gasteiger partial charge in [-0.3, -0.25) is 4.57 Å². The molecule has 3 aromatic rings. The lowest BCUT2D eigenvalue weighted by Crippen LogP contribution is -1.99. The minimum atomic E-state index is -0.741. The second-order valence-electron chi connectivity index (χ2n) is 4.33. The summed E-state index contributed by atoms with van der Waals surface area (Å²) in [6.45, 7) is 0. The Kier molecular flexibility index (Phi) is 3.35. The Morgan fingerprint density at radius 3 is 2.67 bits per heavy atom. The third kappa shape index (κ3) is 2.26. The van der Waals surface area contributed by atoms with Crippen molar-refractivity contribution in [1.29, 1.82) is 5.26 Å². The summed E-state index contributed by atoms with van der Waals surface area (Å²) in [5, 5.41) is 8.97. The van der Waals surface area contributed by atoms with Crippen LogP contribution in [0.25, 0.3) is 16.7 Å². The first-order valence-electron chi connectivity index (χ1n) is 5.81. The van der Waals surface area contributed by atoms with E-state index in [1.54, 1.807) is 18.2 Å². The van der Waals surface area contributed by atoms with Gasteiger partial charge in [-0.15, -0.1) is 0 Å². The predicted molar refractivity (Wildman–Crippen MR) is 80.8 cm³/mol. The molecule has 3 nitrogen and oxygen atoms in total. The Morgan fingerprint density at radius 2 is 1.95 bits per heavy atom. The van der Waals surface area contributed by atoms with Crippen LogP contribution in [0.3, 0.4) is 0 Å². The molecular formula is C14H6BrF2N3S. The molecule has 0 radical (unpaired) electrons. The zero-order valence-electron chi connectivity index (χ0n) is 10.3. The van der Waals surface area contributed by atoms with Crippen LogP contribution in [0.2, 0.25) is 0 Å². The van der Waals surface area contributed by atoms with Crippen LogP contribution in [0.15, 0.2) is 34.8 Å². The first kappa shape index (κ1) is 13.9. The van der Waals surface area contributed by atoms with Crippen molar-refractivity contribution in [3.8, 4) is 11.8 Å². The van der Waals surface area contributed by atoms with Gasteiger partial charge in [-0.2, -0.15) is 5.26 Å². The molecule has 104 valence electrons. The number of nitriles is 1. The lowest BCUT2D eigenvalue weighted by atomic mass is 10.2. The van der Waals surface area contributed by atoms with Crippen molar-refractivity contribution in [3.05, 3.63) is 56.8 Å². The van der Waals surface area contributed by atoms with Crippen LogP contribution in [0.5, 0.6) is 0 Å². The van der Waals surface area contributed by atoms with Gasteiger partial charge in [-0.25, -0.2) is 8.78 Å². The Bertz CT molecular complexity index is 969. The fourth-order valence-corrected chi connectivity index (χ4v) is 2.73. The van der Waals surface area contributed by atoms with E-state index in [0.717, 1.165) is 6.07 Å². The topological polar surface area (TPSA) is 44.5 Å². The van der Waals surface area contributed by atoms with Crippen molar-refractivity contribution >= 4 is 39.2 Å². The molecule has 0 unspecified atom stereocenters. The van der Waals surface area contributed by atoms with E-state index in [0.29, 0.717) is 16.6 Å². The number of hydrogen-bond donors (Lipinski definition) is 1. The molecule has 1 N–H and O–H groups in total. The van der Waals surface area contributed by atoms with Gasteiger partial charge in [0.15, 0.2) is 4.77 Å². The normalized spacial score (nSPS) is 10.8. The van der Waals surface area contributed by atoms with Gasteiger partial charge in [0, 0.05) is 6.07 Å². The van der Waals surface area contributed by atoms with Crippen LogP contribution in [0.1, 0.15) is 5.56 Å². The van der Waals surface area contributed by atoms with Gasteiger partial charge >= 0.3 is 0 Å². The number of imidazole rings is 1. The molecule has 0 saturated carbocycles. The number of nitrogens with one attached hydrogen (secondary N) is 1. The van der Waals surface area contributed by atoms with Crippen molar-refractivity contribution in [1.82, 2.24) is 9.55 Å². The maximum absolute atomic E-state index is 14.1. The molecule has 1 aromatic heterocycles. The molecule has 2 aromatic carbocycles. The molecule has 21 heavy (non-hydrogen) atoms. The smallest absolute Gasteiger partial charge is 0.182 e. The number of rotatable bonds is 1. The van der Waals surface area contributed by atoms with Crippen LogP contribution in [0.4, 0.5) is 8.78 Å². The summed E-state index contributed by atoms with van der Waals surface area (Å²) in [5.74, 6) is -1.43. The molecule has 7 heteroatoms. The number of benzene rings is 2. The molecule has 3 rings (SSSR count). The molecule has 0 spiro atoms. The van der Waals surface area contributed by atoms with Gasteiger partial charge in [-0.1, -0.05) is 0 Å². The first-order chi connectivity index (χ1) is 10.0. The van der Waals surface area contributed by atoms with Crippen molar-refractivity contribution < 1.29 is 8.78 Å². The summed E-state index contributed by atoms with van der Waals surface area (Å²) in [7, 11) is 0. The SMILES string of the molecule is N#Cc1ccc2[nH]c(=S)n(-c3cc(Br)c(F)cc3F)c2c1. The highest BCUT2D eigenvalue weighted by Crippen LogP contribution is 2.27. The van der Waals surface area contributed by atoms with Crippen LogP contribution < -0.4 is 0 Å². The van der Waals surface area contributed by atoms with E-state index < -0.39 is 11.6 Å². The Morgan fingerprint density at radius 1 is 1.19 bits per heavy atom. The molecule has 0 amide bonds. The van der Waals surface area contributed by atoms with E-state index in [1.165, 1.54) is 10.6 Å². The number of nitrogens with zero attached hydrogens (tertiary/aromatic N) is 2. The van der Waals surface area contributed by atoms with Gasteiger partial charge in [0.2, 0.25) is 0 Å². The van der Waals surface area contributed by atoms with Gasteiger partial charge in [0.1, 0.15) is 11.6 Å². The summed E-state index contributed by atoms with van der Waals surface area (Å²) >= 11 is 8.23. The fraction of sp³-hybridized carbons (Fsp3) is 0. The monoisotopic (exact) mass is 365 g/mol. The number of fused-ring (bicyclic) bond motifs is 1. The lowest BCUT2D eigenvalue weighted by molar-refractivity contribution is 0.574. The second kappa shape index (κ2) is 5.06. The van der Waals surface area contributed by atoms with Gasteiger partial charge in [0.05, 0.1) is 32.8 Å². The van der Waals surface area contributed by atoms with Crippen molar-refractivity contribution in [2.24, 2.45) is 0 Å². The molecule has 0 bridgehead atoms. The highest BCUT2D eigenvalue weighted by atomic mass is 79.9. The Balaban J connectivity index is 2.40. The molecule has 0 fully saturated rings. The average molecular weight is 366 g/mol. The van der Waals surface area contributed by atoms with Crippen LogP contribution in [-0.4, -0.2) is 9.55 Å². The van der Waals surface area contributed by atoms with E-state index >= 15 is 0 Å². The number of aromatic amines is 1. The zero-order valence-corrected chi connectivity index (χ0v) is 12.7. The largest absolute Gasteiger partial charge is 0.330 e. The van der Waals surface area contributed by atoms with Crippen LogP contribution >= 0.6 is 28.1 Å². The number of H-pyrrole nitrogens is 1. The summed E-state index contributed by atoms with van der Waals surface area (Å²) < 4.78 is 29.3. The molecular weight excluding hydrogens is 360 g/mol. The average Bonchev–Trinajstić information content (AvgIpc) is 2.78. The fourth-order valence-electron chi connectivity index (χ4n) is 2.09. The minimum Gasteiger partial charge on any atom is -0.330 e. The van der Waals surface area contributed by atoms with E-state index in [4.69, 9.17) is 17.5 Å². The third-order valence-corrected chi connectivity index (χ3v) is 3.94. The molecule has 0 aliphatic heterocycles. The van der Waals surface area contributed by atoms with E-state index in [-0.39, 0.29) is 14.9 Å². The van der Waals surface area contributed by atoms with Gasteiger partial charge < -0.3 is 4.98 Å². The second-order valence-corrected chi connectivity index (χ2v) is 5.57. The summed E-state index contributed by atoms with van der Waals surface area (Å²) in [4.78, 5) is 2.93. The Labute approximate surface area is 131 Å². The minimum absolute atomic E-state index is 0.106. The maximum Gasteiger partial charge on any atom is 0.182 e. The van der Waals surface area contributed by atoms with Crippen molar-refractivity contribution in [2.75, 3.05) is 0 Å². The molecule has 1 heterocycles. The lowest BCUT2D eigenvalue weighted by Gasteiger charge is -2.07. The number of hydrogen-bond acceptors (Lipinski definition) is 2. The van der Waals surface area contributed by atoms with E-state index in [9.17, 15) is 8.78 Å². The van der Waals surface area contributed by atoms with Gasteiger partial charge in [-0.05, 0) is 52.4 Å². The van der Waals surface area contributed by atoms with Crippen molar-refractivity contribution in [3.63, 3.8) is 0 Å². The highest BCUT2D eigenvalue weighted by Gasteiger charge is 2.14. The zero-order chi connectivity index (χ0) is 15.1. The predicted octanol–water partition coefficient (Wildman–Crippen LogP) is 4.60. The van der Waals surface area contributed by atoms with Gasteiger partial charge in [0.25, 0.3) is 0 Å². The summed E-state index contributed by atoms with van der Waals surface area (Å²) in [6.07, 6.45) is 0. The molecule has 0 aliphatic rings. The maximum atomic E-state index is 14.1. The molecule has 0 atom stereocenters. The Hall–Kier alpha value is -2.04. The molecule has 0 saturated heterocycles. The first-order valence-corrected chi connectivity index (χ1v) is 7.01. The summed E-state index contributed by atoms with van der Waals surface area (Å²) in [5.41, 5.74) is 1.75. The molecule has 0 aliphatic carbocycles. The highest BCUT2D eigenvalue weighted by molar-refractivity contribution is 9.10. The van der Waals surface area contributed by atoms with Crippen molar-refractivity contribution in [2.45, 2.75) is 0 Å². The van der Waals surface area contributed by atoms with E-state index in [1.807, 2.05) is 6.07 Å². The number of halogens is 3. The van der Waals surface area contributed by atoms with Crippen LogP contribution in [-0.2, 0) is 0 Å². The van der Waals surface area contributed by atoms with E-state index in [2.05, 4.69) is 20.9 Å². The third-order valence-electron chi connectivity index (χ3n) is 3.04. The summed E-state index contributed by atoms with van der Waals surface area (Å²) in [6, 6.07) is 9.04. The van der Waals surface area contributed by atoms with Crippen LogP contribution in [0, 0.1) is 27.7 Å². The quantitative estimate of drug-likeness (QED) is 0.505. The number of aromatic nitrogens is 2. The standard InChI is InChI=1S/C14H6BrF2N3S/c15-8-4-12(10(17)5-9(8)16)20-13-3-7(6-18)1-2-11(13)19-14(20)21/h1-5H,(H,19,21).